The first-order chi connectivity index (χ1) is 7.27. The van der Waals surface area contributed by atoms with Crippen molar-refractivity contribution in [1.29, 1.82) is 0 Å². The number of imidazole rings is 1. The molecule has 0 aliphatic heterocycles. The van der Waals surface area contributed by atoms with Crippen LogP contribution in [0, 0.1) is 13.8 Å². The first-order valence-corrected chi connectivity index (χ1v) is 5.54. The first kappa shape index (κ1) is 13.6. The van der Waals surface area contributed by atoms with Crippen LogP contribution in [0.2, 0.25) is 0 Å². The molecule has 0 bridgehead atoms. The van der Waals surface area contributed by atoms with E-state index in [1.165, 1.54) is 0 Å². The van der Waals surface area contributed by atoms with Crippen molar-refractivity contribution in [3.8, 4) is 0 Å². The third kappa shape index (κ3) is 3.35. The molecule has 0 N–H and O–H groups in total. The van der Waals surface area contributed by atoms with Crippen LogP contribution < -0.4 is 0 Å². The minimum Gasteiger partial charge on any atom is -0.301 e. The summed E-state index contributed by atoms with van der Waals surface area (Å²) in [5.74, 6) is 1.01. The zero-order chi connectivity index (χ0) is 11.8. The summed E-state index contributed by atoms with van der Waals surface area (Å²) in [7, 11) is 0. The van der Waals surface area contributed by atoms with Gasteiger partial charge in [0.1, 0.15) is 5.82 Å². The predicted molar refractivity (Wildman–Crippen MR) is 65.2 cm³/mol. The van der Waals surface area contributed by atoms with Crippen LogP contribution in [-0.4, -0.2) is 14.4 Å². The molecule has 3 heteroatoms. The summed E-state index contributed by atoms with van der Waals surface area (Å²) in [5, 5.41) is 0. The molecule has 0 unspecified atom stereocenters. The van der Waals surface area contributed by atoms with Crippen molar-refractivity contribution in [2.24, 2.45) is 0 Å². The molecule has 0 saturated heterocycles. The molecule has 0 aliphatic carbocycles. The van der Waals surface area contributed by atoms with Gasteiger partial charge in [0.2, 0.25) is 0 Å². The summed E-state index contributed by atoms with van der Waals surface area (Å²) in [6.07, 6.45) is 5.63. The van der Waals surface area contributed by atoms with Crippen molar-refractivity contribution in [1.82, 2.24) is 14.4 Å². The van der Waals surface area contributed by atoms with Gasteiger partial charge in [0, 0.05) is 6.20 Å². The molecule has 0 atom stereocenters. The number of rotatable bonds is 0. The molecule has 0 fully saturated rings. The molecule has 2 rings (SSSR count). The normalized spacial score (nSPS) is 8.67. The van der Waals surface area contributed by atoms with Gasteiger partial charge >= 0.3 is 0 Å². The molecule has 0 saturated carbocycles. The zero-order valence-electron chi connectivity index (χ0n) is 10.6. The minimum absolute atomic E-state index is 1.01. The molecule has 2 aromatic rings. The minimum atomic E-state index is 1.01. The average molecular weight is 207 g/mol. The Bertz CT molecular complexity index is 391. The number of aryl methyl sites for hydroxylation is 2. The number of nitrogens with zero attached hydrogens (tertiary/aromatic N) is 3. The van der Waals surface area contributed by atoms with Crippen molar-refractivity contribution >= 4 is 5.52 Å². The Labute approximate surface area is 92.2 Å². The maximum atomic E-state index is 4.16. The van der Waals surface area contributed by atoms with E-state index in [1.54, 1.807) is 0 Å². The zero-order valence-corrected chi connectivity index (χ0v) is 10.6. The third-order valence-corrected chi connectivity index (χ3v) is 1.73. The van der Waals surface area contributed by atoms with E-state index in [-0.39, 0.29) is 0 Å². The van der Waals surface area contributed by atoms with Gasteiger partial charge in [0.05, 0.1) is 23.6 Å². The number of aromatic nitrogens is 3. The fourth-order valence-electron chi connectivity index (χ4n) is 1.12. The molecular formula is C12H21N3. The van der Waals surface area contributed by atoms with Crippen molar-refractivity contribution in [2.45, 2.75) is 41.5 Å². The molecular weight excluding hydrogens is 186 g/mol. The van der Waals surface area contributed by atoms with Gasteiger partial charge in [-0.1, -0.05) is 27.7 Å². The Balaban J connectivity index is 0.000000442. The lowest BCUT2D eigenvalue weighted by Gasteiger charge is -1.95. The molecule has 0 radical (unpaired) electrons. The highest BCUT2D eigenvalue weighted by molar-refractivity contribution is 5.43. The molecule has 3 nitrogen and oxygen atoms in total. The van der Waals surface area contributed by atoms with Gasteiger partial charge in [-0.05, 0) is 13.8 Å². The van der Waals surface area contributed by atoms with Gasteiger partial charge in [-0.25, -0.2) is 4.98 Å². The van der Waals surface area contributed by atoms with Crippen LogP contribution in [0.3, 0.4) is 0 Å². The van der Waals surface area contributed by atoms with E-state index >= 15 is 0 Å². The third-order valence-electron chi connectivity index (χ3n) is 1.73. The van der Waals surface area contributed by atoms with Crippen LogP contribution in [-0.2, 0) is 0 Å². The van der Waals surface area contributed by atoms with E-state index in [9.17, 15) is 0 Å². The highest BCUT2D eigenvalue weighted by Gasteiger charge is 1.97. The van der Waals surface area contributed by atoms with E-state index in [2.05, 4.69) is 9.97 Å². The van der Waals surface area contributed by atoms with Crippen molar-refractivity contribution in [2.75, 3.05) is 0 Å². The number of fused-ring (bicyclic) bond motifs is 1. The molecule has 2 heterocycles. The smallest absolute Gasteiger partial charge is 0.110 e. The molecule has 0 amide bonds. The fraction of sp³-hybridized carbons (Fsp3) is 0.500. The lowest BCUT2D eigenvalue weighted by Crippen LogP contribution is -1.90. The highest BCUT2D eigenvalue weighted by atomic mass is 15.0. The number of hydrogen-bond donors (Lipinski definition) is 0. The van der Waals surface area contributed by atoms with Crippen LogP contribution in [0.4, 0.5) is 0 Å². The van der Waals surface area contributed by atoms with E-state index < -0.39 is 0 Å². The van der Waals surface area contributed by atoms with Crippen LogP contribution in [0.1, 0.15) is 39.2 Å². The Morgan fingerprint density at radius 3 is 2.07 bits per heavy atom. The molecule has 15 heavy (non-hydrogen) atoms. The molecule has 84 valence electrons. The summed E-state index contributed by atoms with van der Waals surface area (Å²) < 4.78 is 2.03. The SMILES string of the molecule is CC.CC.Cc1cn2c(C)ncc2cn1. The van der Waals surface area contributed by atoms with Crippen molar-refractivity contribution < 1.29 is 0 Å². The van der Waals surface area contributed by atoms with Gasteiger partial charge in [-0.2, -0.15) is 0 Å². The maximum absolute atomic E-state index is 4.16. The largest absolute Gasteiger partial charge is 0.301 e. The predicted octanol–water partition coefficient (Wildman–Crippen LogP) is 3.40. The van der Waals surface area contributed by atoms with E-state index in [0.717, 1.165) is 17.0 Å². The van der Waals surface area contributed by atoms with Crippen LogP contribution in [0.15, 0.2) is 18.6 Å². The van der Waals surface area contributed by atoms with Crippen LogP contribution >= 0.6 is 0 Å². The second-order valence-electron chi connectivity index (χ2n) is 2.63. The van der Waals surface area contributed by atoms with Crippen LogP contribution in [0.25, 0.3) is 5.52 Å². The number of hydrogen-bond acceptors (Lipinski definition) is 2. The molecule has 0 aliphatic rings. The highest BCUT2D eigenvalue weighted by Crippen LogP contribution is 2.04. The monoisotopic (exact) mass is 207 g/mol. The molecule has 0 aromatic carbocycles. The summed E-state index contributed by atoms with van der Waals surface area (Å²) in [6.45, 7) is 11.9. The standard InChI is InChI=1S/C8H9N3.2C2H6/c1-6-5-11-7(2)10-4-8(11)3-9-6;2*1-2/h3-5H,1-2H3;2*1-2H3. The van der Waals surface area contributed by atoms with E-state index in [1.807, 2.05) is 64.5 Å². The van der Waals surface area contributed by atoms with Gasteiger partial charge in [0.25, 0.3) is 0 Å². The van der Waals surface area contributed by atoms with Gasteiger partial charge in [-0.3, -0.25) is 4.98 Å². The lowest BCUT2D eigenvalue weighted by atomic mass is 10.5. The Morgan fingerprint density at radius 2 is 1.47 bits per heavy atom. The topological polar surface area (TPSA) is 30.2 Å². The molecule has 2 aromatic heterocycles. The lowest BCUT2D eigenvalue weighted by molar-refractivity contribution is 1.00. The second kappa shape index (κ2) is 6.98. The van der Waals surface area contributed by atoms with Gasteiger partial charge in [0.15, 0.2) is 0 Å². The summed E-state index contributed by atoms with van der Waals surface area (Å²) >= 11 is 0. The Kier molecular flexibility index (Phi) is 6.34. The second-order valence-corrected chi connectivity index (χ2v) is 2.63. The molecule has 0 spiro atoms. The average Bonchev–Trinajstić information content (AvgIpc) is 2.66. The summed E-state index contributed by atoms with van der Waals surface area (Å²) in [4.78, 5) is 8.32. The summed E-state index contributed by atoms with van der Waals surface area (Å²) in [6, 6.07) is 0. The van der Waals surface area contributed by atoms with E-state index in [0.29, 0.717) is 0 Å². The van der Waals surface area contributed by atoms with Crippen molar-refractivity contribution in [3.05, 3.63) is 30.1 Å². The quantitative estimate of drug-likeness (QED) is 0.662. The Hall–Kier alpha value is -1.38. The van der Waals surface area contributed by atoms with Crippen molar-refractivity contribution in [3.63, 3.8) is 0 Å². The van der Waals surface area contributed by atoms with Gasteiger partial charge < -0.3 is 4.40 Å². The van der Waals surface area contributed by atoms with E-state index in [4.69, 9.17) is 0 Å². The van der Waals surface area contributed by atoms with Crippen LogP contribution in [0.5, 0.6) is 0 Å². The fourth-order valence-corrected chi connectivity index (χ4v) is 1.12. The maximum Gasteiger partial charge on any atom is 0.110 e. The van der Waals surface area contributed by atoms with Gasteiger partial charge in [-0.15, -0.1) is 0 Å². The first-order valence-electron chi connectivity index (χ1n) is 5.54. The Morgan fingerprint density at radius 1 is 0.933 bits per heavy atom. The summed E-state index contributed by atoms with van der Waals surface area (Å²) in [5.41, 5.74) is 2.06.